The van der Waals surface area contributed by atoms with Gasteiger partial charge in [-0.2, -0.15) is 5.26 Å². The van der Waals surface area contributed by atoms with Crippen molar-refractivity contribution in [3.05, 3.63) is 46.7 Å². The van der Waals surface area contributed by atoms with Crippen LogP contribution in [0.25, 0.3) is 16.6 Å². The van der Waals surface area contributed by atoms with E-state index >= 15 is 0 Å². The molecule has 0 N–H and O–H groups in total. The zero-order valence-corrected chi connectivity index (χ0v) is 12.4. The van der Waals surface area contributed by atoms with E-state index in [0.29, 0.717) is 5.69 Å². The number of benzene rings is 1. The number of rotatable bonds is 4. The molecule has 0 spiro atoms. The van der Waals surface area contributed by atoms with Crippen molar-refractivity contribution >= 4 is 23.2 Å². The van der Waals surface area contributed by atoms with Crippen LogP contribution in [0, 0.1) is 23.1 Å². The number of carbonyl (C=O) groups excluding carboxylic acids is 1. The molecule has 0 radical (unpaired) electrons. The highest BCUT2D eigenvalue weighted by Gasteiger charge is 2.14. The second-order valence-corrected chi connectivity index (χ2v) is 5.63. The predicted octanol–water partition coefficient (Wildman–Crippen LogP) is 4.08. The Morgan fingerprint density at radius 2 is 2.05 bits per heavy atom. The summed E-state index contributed by atoms with van der Waals surface area (Å²) in [6.45, 7) is 3.50. The van der Waals surface area contributed by atoms with Crippen molar-refractivity contribution in [3.63, 3.8) is 0 Å². The number of halogens is 1. The van der Waals surface area contributed by atoms with E-state index in [0.717, 1.165) is 10.6 Å². The van der Waals surface area contributed by atoms with Crippen molar-refractivity contribution in [2.75, 3.05) is 0 Å². The molecule has 3 nitrogen and oxygen atoms in total. The first kappa shape index (κ1) is 15.1. The van der Waals surface area contributed by atoms with Crippen molar-refractivity contribution in [3.8, 4) is 16.6 Å². The summed E-state index contributed by atoms with van der Waals surface area (Å²) in [4.78, 5) is 16.2. The number of Topliss-reactive ketones (excluding diaryl/α,β-unsaturated/α-hetero) is 1. The molecule has 2 rings (SSSR count). The summed E-state index contributed by atoms with van der Waals surface area (Å²) in [7, 11) is 0. The minimum atomic E-state index is -0.301. The molecular weight excluding hydrogens is 287 g/mol. The van der Waals surface area contributed by atoms with Gasteiger partial charge in [0.1, 0.15) is 16.9 Å². The van der Waals surface area contributed by atoms with Gasteiger partial charge >= 0.3 is 0 Å². The minimum Gasteiger partial charge on any atom is -0.293 e. The molecular formula is C16H13FN2OS. The largest absolute Gasteiger partial charge is 0.293 e. The van der Waals surface area contributed by atoms with Gasteiger partial charge in [-0.15, -0.1) is 11.3 Å². The van der Waals surface area contributed by atoms with Crippen molar-refractivity contribution in [2.45, 2.75) is 13.8 Å². The van der Waals surface area contributed by atoms with Gasteiger partial charge in [-0.05, 0) is 30.3 Å². The van der Waals surface area contributed by atoms with Crippen LogP contribution in [0.15, 0.2) is 35.2 Å². The number of ketones is 1. The van der Waals surface area contributed by atoms with Gasteiger partial charge < -0.3 is 0 Å². The highest BCUT2D eigenvalue weighted by molar-refractivity contribution is 7.13. The molecule has 5 heteroatoms. The lowest BCUT2D eigenvalue weighted by Gasteiger charge is -2.00. The van der Waals surface area contributed by atoms with Gasteiger partial charge in [0, 0.05) is 16.9 Å². The number of allylic oxidation sites excluding steroid dienone is 1. The fourth-order valence-corrected chi connectivity index (χ4v) is 2.48. The average molecular weight is 300 g/mol. The first-order chi connectivity index (χ1) is 10.0. The van der Waals surface area contributed by atoms with Crippen molar-refractivity contribution in [2.24, 2.45) is 5.92 Å². The van der Waals surface area contributed by atoms with Crippen LogP contribution in [0.4, 0.5) is 4.39 Å². The lowest BCUT2D eigenvalue weighted by molar-refractivity contribution is -0.117. The minimum absolute atomic E-state index is 0.0981. The molecule has 0 amide bonds. The molecule has 0 bridgehead atoms. The molecule has 2 aromatic rings. The maximum Gasteiger partial charge on any atom is 0.175 e. The van der Waals surface area contributed by atoms with E-state index in [1.54, 1.807) is 31.4 Å². The van der Waals surface area contributed by atoms with Crippen LogP contribution in [0.2, 0.25) is 0 Å². The third-order valence-electron chi connectivity index (χ3n) is 2.82. The maximum absolute atomic E-state index is 12.9. The summed E-state index contributed by atoms with van der Waals surface area (Å²) in [6.07, 6.45) is 1.49. The average Bonchev–Trinajstić information content (AvgIpc) is 2.93. The van der Waals surface area contributed by atoms with Gasteiger partial charge in [-0.25, -0.2) is 9.37 Å². The summed E-state index contributed by atoms with van der Waals surface area (Å²) in [6, 6.07) is 7.95. The second-order valence-electron chi connectivity index (χ2n) is 4.77. The van der Waals surface area contributed by atoms with Gasteiger partial charge in [0.05, 0.1) is 11.3 Å². The molecule has 0 saturated heterocycles. The molecule has 106 valence electrons. The maximum atomic E-state index is 12.9. The molecule has 1 aromatic carbocycles. The van der Waals surface area contributed by atoms with Crippen molar-refractivity contribution < 1.29 is 9.18 Å². The highest BCUT2D eigenvalue weighted by Crippen LogP contribution is 2.25. The third kappa shape index (κ3) is 3.61. The van der Waals surface area contributed by atoms with E-state index in [2.05, 4.69) is 4.98 Å². The first-order valence-corrected chi connectivity index (χ1v) is 7.26. The van der Waals surface area contributed by atoms with Crippen LogP contribution in [0.1, 0.15) is 19.5 Å². The monoisotopic (exact) mass is 300 g/mol. The SMILES string of the molecule is CC(C)C(=O)/C(C#N)=C\c1csc(-c2ccc(F)cc2)n1. The van der Waals surface area contributed by atoms with Crippen LogP contribution < -0.4 is 0 Å². The topological polar surface area (TPSA) is 53.8 Å². The number of hydrogen-bond donors (Lipinski definition) is 0. The van der Waals surface area contributed by atoms with Crippen LogP contribution in [0.5, 0.6) is 0 Å². The highest BCUT2D eigenvalue weighted by atomic mass is 32.1. The van der Waals surface area contributed by atoms with Crippen LogP contribution in [-0.2, 0) is 4.79 Å². The Labute approximate surface area is 126 Å². The van der Waals surface area contributed by atoms with E-state index < -0.39 is 0 Å². The molecule has 0 aliphatic rings. The predicted molar refractivity (Wildman–Crippen MR) is 80.9 cm³/mol. The smallest absolute Gasteiger partial charge is 0.175 e. The summed E-state index contributed by atoms with van der Waals surface area (Å²) in [5.41, 5.74) is 1.46. The molecule has 21 heavy (non-hydrogen) atoms. The Morgan fingerprint density at radius 3 is 2.62 bits per heavy atom. The molecule has 0 saturated carbocycles. The normalized spacial score (nSPS) is 11.5. The lowest BCUT2D eigenvalue weighted by Crippen LogP contribution is -2.08. The quantitative estimate of drug-likeness (QED) is 0.631. The molecule has 1 aromatic heterocycles. The summed E-state index contributed by atoms with van der Waals surface area (Å²) in [5.74, 6) is -0.732. The van der Waals surface area contributed by atoms with Gasteiger partial charge in [-0.1, -0.05) is 13.8 Å². The number of nitrogens with zero attached hydrogens (tertiary/aromatic N) is 2. The standard InChI is InChI=1S/C16H13FN2OS/c1-10(2)15(20)12(8-18)7-14-9-21-16(19-14)11-3-5-13(17)6-4-11/h3-7,9-10H,1-2H3/b12-7-. The summed E-state index contributed by atoms with van der Waals surface area (Å²) >= 11 is 1.38. The van der Waals surface area contributed by atoms with Gasteiger partial charge in [0.25, 0.3) is 0 Å². The number of thiazole rings is 1. The van der Waals surface area contributed by atoms with Crippen LogP contribution >= 0.6 is 11.3 Å². The van der Waals surface area contributed by atoms with E-state index in [4.69, 9.17) is 5.26 Å². The molecule has 0 aliphatic heterocycles. The Balaban J connectivity index is 2.29. The molecule has 0 atom stereocenters. The lowest BCUT2D eigenvalue weighted by atomic mass is 10.0. The third-order valence-corrected chi connectivity index (χ3v) is 3.73. The van der Waals surface area contributed by atoms with E-state index in [9.17, 15) is 9.18 Å². The van der Waals surface area contributed by atoms with Crippen LogP contribution in [0.3, 0.4) is 0 Å². The van der Waals surface area contributed by atoms with Crippen molar-refractivity contribution in [1.29, 1.82) is 5.26 Å². The van der Waals surface area contributed by atoms with Crippen molar-refractivity contribution in [1.82, 2.24) is 4.98 Å². The van der Waals surface area contributed by atoms with Crippen LogP contribution in [-0.4, -0.2) is 10.8 Å². The fourth-order valence-electron chi connectivity index (χ4n) is 1.69. The Kier molecular flexibility index (Phi) is 4.61. The Morgan fingerprint density at radius 1 is 1.38 bits per heavy atom. The van der Waals surface area contributed by atoms with E-state index in [-0.39, 0.29) is 23.1 Å². The zero-order valence-electron chi connectivity index (χ0n) is 11.6. The number of aromatic nitrogens is 1. The number of carbonyl (C=O) groups is 1. The zero-order chi connectivity index (χ0) is 15.4. The molecule has 0 unspecified atom stereocenters. The first-order valence-electron chi connectivity index (χ1n) is 6.38. The summed E-state index contributed by atoms with van der Waals surface area (Å²) < 4.78 is 12.9. The molecule has 0 aliphatic carbocycles. The van der Waals surface area contributed by atoms with Gasteiger partial charge in [0.2, 0.25) is 0 Å². The Hall–Kier alpha value is -2.32. The van der Waals surface area contributed by atoms with E-state index in [1.165, 1.54) is 29.5 Å². The van der Waals surface area contributed by atoms with E-state index in [1.807, 2.05) is 6.07 Å². The Bertz CT molecular complexity index is 723. The van der Waals surface area contributed by atoms with Gasteiger partial charge in [0.15, 0.2) is 5.78 Å². The number of nitriles is 1. The number of hydrogen-bond acceptors (Lipinski definition) is 4. The molecule has 1 heterocycles. The van der Waals surface area contributed by atoms with Gasteiger partial charge in [-0.3, -0.25) is 4.79 Å². The molecule has 0 fully saturated rings. The second kappa shape index (κ2) is 6.42. The summed E-state index contributed by atoms with van der Waals surface area (Å²) in [5, 5.41) is 11.5. The fraction of sp³-hybridized carbons (Fsp3) is 0.188.